The van der Waals surface area contributed by atoms with Crippen LogP contribution in [0.3, 0.4) is 0 Å². The number of hydrogen-bond acceptors (Lipinski definition) is 9. The van der Waals surface area contributed by atoms with Crippen molar-refractivity contribution in [3.63, 3.8) is 0 Å². The first-order valence-electron chi connectivity index (χ1n) is 12.1. The van der Waals surface area contributed by atoms with Crippen molar-refractivity contribution in [3.8, 4) is 11.5 Å². The predicted octanol–water partition coefficient (Wildman–Crippen LogP) is 1.66. The molecule has 2 aliphatic heterocycles. The van der Waals surface area contributed by atoms with Gasteiger partial charge in [0.05, 0.1) is 32.5 Å². The first-order valence-corrected chi connectivity index (χ1v) is 12.1. The number of aromatic nitrogens is 2. The molecular formula is C25H37N5O4. The molecule has 0 aliphatic carbocycles. The van der Waals surface area contributed by atoms with Crippen molar-refractivity contribution in [2.75, 3.05) is 78.1 Å². The highest BCUT2D eigenvalue weighted by atomic mass is 16.5. The minimum absolute atomic E-state index is 0.528. The molecule has 2 aromatic rings. The molecule has 3 heterocycles. The third-order valence-corrected chi connectivity index (χ3v) is 6.40. The molecule has 0 saturated carbocycles. The maximum Gasteiger partial charge on any atom is 0.225 e. The van der Waals surface area contributed by atoms with Gasteiger partial charge in [0.2, 0.25) is 5.95 Å². The van der Waals surface area contributed by atoms with Gasteiger partial charge in [0.15, 0.2) is 11.5 Å². The highest BCUT2D eigenvalue weighted by molar-refractivity contribution is 5.43. The summed E-state index contributed by atoms with van der Waals surface area (Å²) in [5, 5.41) is 11.3. The second-order valence-corrected chi connectivity index (χ2v) is 9.26. The first kappa shape index (κ1) is 24.7. The third-order valence-electron chi connectivity index (χ3n) is 6.40. The van der Waals surface area contributed by atoms with Gasteiger partial charge in [0.1, 0.15) is 6.61 Å². The Hall–Kier alpha value is -2.46. The van der Waals surface area contributed by atoms with Crippen LogP contribution in [0.2, 0.25) is 0 Å². The molecule has 2 aliphatic rings. The van der Waals surface area contributed by atoms with Crippen LogP contribution in [0.1, 0.15) is 18.4 Å². The van der Waals surface area contributed by atoms with Gasteiger partial charge in [-0.2, -0.15) is 0 Å². The molecule has 0 radical (unpaired) electrons. The largest absolute Gasteiger partial charge is 0.493 e. The summed E-state index contributed by atoms with van der Waals surface area (Å²) in [7, 11) is 3.71. The second-order valence-electron chi connectivity index (χ2n) is 9.26. The van der Waals surface area contributed by atoms with Crippen molar-refractivity contribution in [1.29, 1.82) is 0 Å². The Kier molecular flexibility index (Phi) is 8.55. The fourth-order valence-electron chi connectivity index (χ4n) is 4.78. The molecule has 2 fully saturated rings. The molecule has 34 heavy (non-hydrogen) atoms. The van der Waals surface area contributed by atoms with E-state index in [-0.39, 0.29) is 0 Å². The lowest BCUT2D eigenvalue weighted by Crippen LogP contribution is -2.54. The third kappa shape index (κ3) is 6.79. The SMILES string of the molecule is COc1cc(CN(C)CC2(O)CCCN(c3ncccn3)C2)ccc1OCCN1CCOCC1. The van der Waals surface area contributed by atoms with Crippen LogP contribution >= 0.6 is 0 Å². The Balaban J connectivity index is 1.30. The van der Waals surface area contributed by atoms with E-state index in [2.05, 4.69) is 30.7 Å². The number of nitrogens with zero attached hydrogens (tertiary/aromatic N) is 5. The minimum atomic E-state index is -0.807. The summed E-state index contributed by atoms with van der Waals surface area (Å²) in [5.74, 6) is 2.17. The Morgan fingerprint density at radius 3 is 2.71 bits per heavy atom. The number of hydrogen-bond donors (Lipinski definition) is 1. The number of ether oxygens (including phenoxy) is 3. The summed E-state index contributed by atoms with van der Waals surface area (Å²) >= 11 is 0. The van der Waals surface area contributed by atoms with E-state index >= 15 is 0 Å². The van der Waals surface area contributed by atoms with Gasteiger partial charge >= 0.3 is 0 Å². The minimum Gasteiger partial charge on any atom is -0.493 e. The Morgan fingerprint density at radius 2 is 1.94 bits per heavy atom. The predicted molar refractivity (Wildman–Crippen MR) is 131 cm³/mol. The van der Waals surface area contributed by atoms with E-state index in [0.717, 1.165) is 69.3 Å². The number of benzene rings is 1. The number of likely N-dealkylation sites (N-methyl/N-ethyl adjacent to an activating group) is 1. The lowest BCUT2D eigenvalue weighted by atomic mass is 9.92. The molecule has 1 atom stereocenters. The normalized spacial score (nSPS) is 21.6. The Morgan fingerprint density at radius 1 is 1.15 bits per heavy atom. The molecule has 0 spiro atoms. The van der Waals surface area contributed by atoms with Gasteiger partial charge in [-0.15, -0.1) is 0 Å². The van der Waals surface area contributed by atoms with E-state index in [4.69, 9.17) is 14.2 Å². The smallest absolute Gasteiger partial charge is 0.225 e. The topological polar surface area (TPSA) is 83.4 Å². The van der Waals surface area contributed by atoms with Crippen molar-refractivity contribution >= 4 is 5.95 Å². The van der Waals surface area contributed by atoms with Gasteiger partial charge in [0, 0.05) is 51.7 Å². The van der Waals surface area contributed by atoms with Crippen LogP contribution in [0.5, 0.6) is 11.5 Å². The van der Waals surface area contributed by atoms with Crippen molar-refractivity contribution < 1.29 is 19.3 Å². The van der Waals surface area contributed by atoms with Crippen LogP contribution in [-0.4, -0.2) is 104 Å². The van der Waals surface area contributed by atoms with Crippen LogP contribution in [0.4, 0.5) is 5.95 Å². The number of aliphatic hydroxyl groups is 1. The molecule has 1 unspecified atom stereocenters. The number of anilines is 1. The van der Waals surface area contributed by atoms with Crippen molar-refractivity contribution in [1.82, 2.24) is 19.8 Å². The Labute approximate surface area is 202 Å². The second kappa shape index (κ2) is 11.8. The summed E-state index contributed by atoms with van der Waals surface area (Å²) in [6.45, 7) is 7.64. The fraction of sp³-hybridized carbons (Fsp3) is 0.600. The maximum atomic E-state index is 11.3. The number of β-amino-alcohol motifs (C(OH)–C–C–N with tert-alkyl or cyclic N) is 1. The molecule has 9 heteroatoms. The molecule has 2 saturated heterocycles. The average Bonchev–Trinajstić information content (AvgIpc) is 2.85. The quantitative estimate of drug-likeness (QED) is 0.556. The first-order chi connectivity index (χ1) is 16.5. The van der Waals surface area contributed by atoms with E-state index in [0.29, 0.717) is 32.2 Å². The van der Waals surface area contributed by atoms with Gasteiger partial charge in [-0.1, -0.05) is 6.07 Å². The van der Waals surface area contributed by atoms with Crippen molar-refractivity contribution in [2.24, 2.45) is 0 Å². The summed E-state index contributed by atoms with van der Waals surface area (Å²) < 4.78 is 17.0. The molecule has 186 valence electrons. The van der Waals surface area contributed by atoms with Crippen LogP contribution in [0.15, 0.2) is 36.7 Å². The van der Waals surface area contributed by atoms with E-state index in [1.807, 2.05) is 25.2 Å². The summed E-state index contributed by atoms with van der Waals surface area (Å²) in [6.07, 6.45) is 5.16. The number of morpholine rings is 1. The zero-order valence-corrected chi connectivity index (χ0v) is 20.4. The van der Waals surface area contributed by atoms with Crippen molar-refractivity contribution in [2.45, 2.75) is 25.0 Å². The van der Waals surface area contributed by atoms with E-state index in [1.54, 1.807) is 19.5 Å². The lowest BCUT2D eigenvalue weighted by Gasteiger charge is -2.41. The average molecular weight is 472 g/mol. The zero-order valence-electron chi connectivity index (χ0n) is 20.4. The zero-order chi connectivity index (χ0) is 23.8. The van der Waals surface area contributed by atoms with Gasteiger partial charge < -0.3 is 24.2 Å². The molecule has 1 aromatic heterocycles. The molecule has 1 N–H and O–H groups in total. The van der Waals surface area contributed by atoms with Crippen LogP contribution in [0.25, 0.3) is 0 Å². The highest BCUT2D eigenvalue weighted by Crippen LogP contribution is 2.29. The van der Waals surface area contributed by atoms with Gasteiger partial charge in [-0.3, -0.25) is 9.80 Å². The van der Waals surface area contributed by atoms with Crippen LogP contribution < -0.4 is 14.4 Å². The van der Waals surface area contributed by atoms with Crippen LogP contribution in [0, 0.1) is 0 Å². The molecular weight excluding hydrogens is 434 g/mol. The molecule has 9 nitrogen and oxygen atoms in total. The van der Waals surface area contributed by atoms with Gasteiger partial charge in [0.25, 0.3) is 0 Å². The molecule has 1 aromatic carbocycles. The van der Waals surface area contributed by atoms with Crippen molar-refractivity contribution in [3.05, 3.63) is 42.2 Å². The summed E-state index contributed by atoms with van der Waals surface area (Å²) in [6, 6.07) is 7.88. The Bertz CT molecular complexity index is 896. The van der Waals surface area contributed by atoms with Gasteiger partial charge in [-0.25, -0.2) is 9.97 Å². The standard InChI is InChI=1S/C25H37N5O4/c1-28(19-25(31)7-3-10-30(20-25)24-26-8-4-9-27-24)18-21-5-6-22(23(17-21)32-2)34-16-13-29-11-14-33-15-12-29/h4-6,8-9,17,31H,3,7,10-16,18-20H2,1-2H3. The van der Waals surface area contributed by atoms with E-state index in [9.17, 15) is 5.11 Å². The van der Waals surface area contributed by atoms with Crippen LogP contribution in [-0.2, 0) is 11.3 Å². The molecule has 0 amide bonds. The highest BCUT2D eigenvalue weighted by Gasteiger charge is 2.35. The molecule has 0 bridgehead atoms. The monoisotopic (exact) mass is 471 g/mol. The lowest BCUT2D eigenvalue weighted by molar-refractivity contribution is -0.00367. The van der Waals surface area contributed by atoms with E-state index in [1.165, 1.54) is 0 Å². The number of piperidine rings is 1. The fourth-order valence-corrected chi connectivity index (χ4v) is 4.78. The van der Waals surface area contributed by atoms with Gasteiger partial charge in [-0.05, 0) is 43.7 Å². The number of methoxy groups -OCH3 is 1. The van der Waals surface area contributed by atoms with E-state index < -0.39 is 5.60 Å². The maximum absolute atomic E-state index is 11.3. The summed E-state index contributed by atoms with van der Waals surface area (Å²) in [4.78, 5) is 15.3. The number of rotatable bonds is 10. The summed E-state index contributed by atoms with van der Waals surface area (Å²) in [5.41, 5.74) is 0.307. The molecule has 4 rings (SSSR count).